The summed E-state index contributed by atoms with van der Waals surface area (Å²) >= 11 is 0. The van der Waals surface area contributed by atoms with Crippen molar-refractivity contribution >= 4 is 17.5 Å². The van der Waals surface area contributed by atoms with Gasteiger partial charge in [-0.1, -0.05) is 42.5 Å². The fourth-order valence-electron chi connectivity index (χ4n) is 3.26. The van der Waals surface area contributed by atoms with E-state index in [0.717, 1.165) is 17.7 Å². The molecule has 4 aromatic rings. The van der Waals surface area contributed by atoms with Gasteiger partial charge in [0, 0.05) is 17.2 Å². The number of hydrogen-bond donors (Lipinski definition) is 3. The fourth-order valence-corrected chi connectivity index (χ4v) is 3.26. The van der Waals surface area contributed by atoms with Crippen LogP contribution in [-0.2, 0) is 6.61 Å². The highest BCUT2D eigenvalue weighted by atomic mass is 16.6. The number of aromatic hydroxyl groups is 1. The lowest BCUT2D eigenvalue weighted by atomic mass is 10.1. The quantitative estimate of drug-likeness (QED) is 0.269. The number of nitro benzene ring substituents is 1. The molecular weight excluding hydrogens is 454 g/mol. The Kier molecular flexibility index (Phi) is 6.73. The number of nitrogens with one attached hydrogen (secondary N) is 2. The van der Waals surface area contributed by atoms with Crippen molar-refractivity contribution in [1.29, 1.82) is 0 Å². The van der Waals surface area contributed by atoms with Crippen LogP contribution in [0.2, 0.25) is 0 Å². The third kappa shape index (κ3) is 5.45. The van der Waals surface area contributed by atoms with Crippen LogP contribution in [0.3, 0.4) is 0 Å². The van der Waals surface area contributed by atoms with Crippen LogP contribution in [-0.4, -0.2) is 21.8 Å². The lowest BCUT2D eigenvalue weighted by Crippen LogP contribution is -2.41. The maximum absolute atomic E-state index is 12.7. The van der Waals surface area contributed by atoms with Crippen molar-refractivity contribution in [1.82, 2.24) is 10.9 Å². The van der Waals surface area contributed by atoms with Gasteiger partial charge in [0.15, 0.2) is 5.75 Å². The summed E-state index contributed by atoms with van der Waals surface area (Å²) in [6, 6.07) is 21.5. The molecule has 4 rings (SSSR count). The second kappa shape index (κ2) is 10.2. The highest BCUT2D eigenvalue weighted by Crippen LogP contribution is 2.29. The molecule has 1 aromatic heterocycles. The van der Waals surface area contributed by atoms with Gasteiger partial charge in [-0.05, 0) is 41.5 Å². The molecule has 0 aliphatic heterocycles. The van der Waals surface area contributed by atoms with E-state index in [1.807, 2.05) is 30.3 Å². The zero-order chi connectivity index (χ0) is 24.8. The monoisotopic (exact) mass is 473 g/mol. The molecule has 0 bridgehead atoms. The van der Waals surface area contributed by atoms with E-state index in [0.29, 0.717) is 23.5 Å². The Morgan fingerprint density at radius 2 is 1.71 bits per heavy atom. The van der Waals surface area contributed by atoms with Crippen LogP contribution in [0.1, 0.15) is 26.5 Å². The van der Waals surface area contributed by atoms with Gasteiger partial charge in [-0.3, -0.25) is 30.6 Å². The first-order chi connectivity index (χ1) is 16.9. The number of phenols is 1. The average Bonchev–Trinajstić information content (AvgIpc) is 3.37. The Morgan fingerprint density at radius 3 is 2.49 bits per heavy atom. The zero-order valence-corrected chi connectivity index (χ0v) is 18.1. The molecule has 0 atom stereocenters. The molecular formula is C25H19N3O7. The largest absolute Gasteiger partial charge is 0.502 e. The van der Waals surface area contributed by atoms with Crippen LogP contribution in [0.25, 0.3) is 11.1 Å². The first kappa shape index (κ1) is 23.1. The number of ether oxygens (including phenoxy) is 1. The van der Waals surface area contributed by atoms with Gasteiger partial charge in [0.2, 0.25) is 5.76 Å². The van der Waals surface area contributed by atoms with Crippen molar-refractivity contribution < 1.29 is 28.8 Å². The van der Waals surface area contributed by atoms with E-state index in [1.165, 1.54) is 12.3 Å². The lowest BCUT2D eigenvalue weighted by Gasteiger charge is -2.09. The number of benzene rings is 3. The van der Waals surface area contributed by atoms with Crippen molar-refractivity contribution in [3.05, 3.63) is 112 Å². The van der Waals surface area contributed by atoms with Gasteiger partial charge in [0.1, 0.15) is 12.4 Å². The Balaban J connectivity index is 1.43. The number of nitro groups is 1. The minimum atomic E-state index is -0.822. The van der Waals surface area contributed by atoms with Gasteiger partial charge in [-0.2, -0.15) is 0 Å². The SMILES string of the molecule is O=C(NNC(=O)c1occc1-c1cccc(OCc2ccccc2)c1)c1ccc(O)c([N+](=O)[O-])c1. The highest BCUT2D eigenvalue weighted by Gasteiger charge is 2.20. The molecule has 3 N–H and O–H groups in total. The number of phenolic OH excluding ortho intramolecular Hbond substituents is 1. The molecule has 176 valence electrons. The summed E-state index contributed by atoms with van der Waals surface area (Å²) < 4.78 is 11.2. The summed E-state index contributed by atoms with van der Waals surface area (Å²) in [6.07, 6.45) is 1.34. The topological polar surface area (TPSA) is 144 Å². The molecule has 0 saturated carbocycles. The Bertz CT molecular complexity index is 1380. The fraction of sp³-hybridized carbons (Fsp3) is 0.0400. The van der Waals surface area contributed by atoms with Crippen molar-refractivity contribution in [2.24, 2.45) is 0 Å². The maximum Gasteiger partial charge on any atom is 0.311 e. The first-order valence-corrected chi connectivity index (χ1v) is 10.3. The molecule has 3 aromatic carbocycles. The molecule has 0 saturated heterocycles. The molecule has 0 spiro atoms. The van der Waals surface area contributed by atoms with Gasteiger partial charge >= 0.3 is 11.6 Å². The number of rotatable bonds is 7. The van der Waals surface area contributed by atoms with Crippen molar-refractivity contribution in [2.75, 3.05) is 0 Å². The zero-order valence-electron chi connectivity index (χ0n) is 18.1. The standard InChI is InChI=1S/C25H19N3O7/c29-22-10-9-18(14-21(22)28(32)33)24(30)26-27-25(31)23-20(11-12-34-23)17-7-4-8-19(13-17)35-15-16-5-2-1-3-6-16/h1-14,29H,15H2,(H,26,30)(H,27,31). The van der Waals surface area contributed by atoms with Gasteiger partial charge < -0.3 is 14.3 Å². The van der Waals surface area contributed by atoms with E-state index in [2.05, 4.69) is 10.9 Å². The smallest absolute Gasteiger partial charge is 0.311 e. The van der Waals surface area contributed by atoms with Gasteiger partial charge in [0.05, 0.1) is 11.2 Å². The number of furan rings is 1. The van der Waals surface area contributed by atoms with Crippen LogP contribution in [0.4, 0.5) is 5.69 Å². The normalized spacial score (nSPS) is 10.4. The predicted octanol–water partition coefficient (Wildman–Crippen LogP) is 4.21. The van der Waals surface area contributed by atoms with Gasteiger partial charge in [-0.15, -0.1) is 0 Å². The summed E-state index contributed by atoms with van der Waals surface area (Å²) in [6.45, 7) is 0.379. The minimum absolute atomic E-state index is 0.0535. The maximum atomic E-state index is 12.7. The summed E-state index contributed by atoms with van der Waals surface area (Å²) in [7, 11) is 0. The number of carbonyl (C=O) groups is 2. The van der Waals surface area contributed by atoms with E-state index < -0.39 is 28.2 Å². The molecule has 1 heterocycles. The molecule has 0 aliphatic rings. The van der Waals surface area contributed by atoms with Gasteiger partial charge in [-0.25, -0.2) is 0 Å². The van der Waals surface area contributed by atoms with Gasteiger partial charge in [0.25, 0.3) is 5.91 Å². The van der Waals surface area contributed by atoms with Crippen LogP contribution in [0.5, 0.6) is 11.5 Å². The van der Waals surface area contributed by atoms with E-state index in [1.54, 1.807) is 30.3 Å². The molecule has 0 fully saturated rings. The van der Waals surface area contributed by atoms with Crippen LogP contribution >= 0.6 is 0 Å². The van der Waals surface area contributed by atoms with Crippen LogP contribution in [0, 0.1) is 10.1 Å². The number of nitrogens with zero attached hydrogens (tertiary/aromatic N) is 1. The summed E-state index contributed by atoms with van der Waals surface area (Å²) in [5, 5.41) is 20.5. The van der Waals surface area contributed by atoms with Crippen LogP contribution in [0.15, 0.2) is 89.5 Å². The average molecular weight is 473 g/mol. The van der Waals surface area contributed by atoms with Crippen molar-refractivity contribution in [2.45, 2.75) is 6.61 Å². The summed E-state index contributed by atoms with van der Waals surface area (Å²) in [5.74, 6) is -1.58. The van der Waals surface area contributed by atoms with E-state index in [4.69, 9.17) is 9.15 Å². The number of hydrazine groups is 1. The molecule has 35 heavy (non-hydrogen) atoms. The molecule has 0 radical (unpaired) electrons. The molecule has 2 amide bonds. The third-order valence-electron chi connectivity index (χ3n) is 4.99. The molecule has 0 unspecified atom stereocenters. The second-order valence-corrected chi connectivity index (χ2v) is 7.33. The Hall–Kier alpha value is -5.12. The van der Waals surface area contributed by atoms with Crippen LogP contribution < -0.4 is 15.6 Å². The predicted molar refractivity (Wildman–Crippen MR) is 125 cm³/mol. The molecule has 10 heteroatoms. The Morgan fingerprint density at radius 1 is 0.943 bits per heavy atom. The van der Waals surface area contributed by atoms with Crippen molar-refractivity contribution in [3.8, 4) is 22.6 Å². The van der Waals surface area contributed by atoms with E-state index in [9.17, 15) is 24.8 Å². The first-order valence-electron chi connectivity index (χ1n) is 10.3. The highest BCUT2D eigenvalue weighted by molar-refractivity contribution is 6.01. The molecule has 10 nitrogen and oxygen atoms in total. The second-order valence-electron chi connectivity index (χ2n) is 7.33. The number of hydrogen-bond acceptors (Lipinski definition) is 7. The van der Waals surface area contributed by atoms with Crippen molar-refractivity contribution in [3.63, 3.8) is 0 Å². The van der Waals surface area contributed by atoms with E-state index >= 15 is 0 Å². The molecule has 0 aliphatic carbocycles. The number of carbonyl (C=O) groups excluding carboxylic acids is 2. The summed E-state index contributed by atoms with van der Waals surface area (Å²) in [5.41, 5.74) is 5.78. The minimum Gasteiger partial charge on any atom is -0.502 e. The van der Waals surface area contributed by atoms with E-state index in [-0.39, 0.29) is 11.3 Å². The number of amides is 2. The summed E-state index contributed by atoms with van der Waals surface area (Å²) in [4.78, 5) is 35.1. The Labute approximate surface area is 198 Å². The third-order valence-corrected chi connectivity index (χ3v) is 4.99. The lowest BCUT2D eigenvalue weighted by molar-refractivity contribution is -0.385.